The quantitative estimate of drug-likeness (QED) is 0.473. The van der Waals surface area contributed by atoms with Gasteiger partial charge in [-0.15, -0.1) is 0 Å². The maximum atomic E-state index is 5.43. The van der Waals surface area contributed by atoms with Crippen molar-refractivity contribution < 1.29 is 9.47 Å². The lowest BCUT2D eigenvalue weighted by atomic mass is 9.86. The number of aromatic nitrogens is 1. The van der Waals surface area contributed by atoms with Crippen molar-refractivity contribution in [1.82, 2.24) is 4.98 Å². The SMILES string of the molecule is CC(C)(C)c1ccc2ccncc2c1.CC(C)(C)c1cccc2c1OCO2. The Morgan fingerprint density at radius 1 is 0.815 bits per heavy atom. The first-order valence-corrected chi connectivity index (χ1v) is 9.39. The van der Waals surface area contributed by atoms with Gasteiger partial charge in [0.15, 0.2) is 11.5 Å². The van der Waals surface area contributed by atoms with Crippen LogP contribution in [0.1, 0.15) is 52.7 Å². The fraction of sp³-hybridized carbons (Fsp3) is 0.375. The molecule has 3 aromatic rings. The van der Waals surface area contributed by atoms with Crippen LogP contribution in [0.5, 0.6) is 11.5 Å². The molecule has 0 atom stereocenters. The lowest BCUT2D eigenvalue weighted by Gasteiger charge is -2.20. The second-order valence-corrected chi connectivity index (χ2v) is 8.98. The molecule has 0 amide bonds. The highest BCUT2D eigenvalue weighted by Gasteiger charge is 2.24. The highest BCUT2D eigenvalue weighted by molar-refractivity contribution is 5.82. The second kappa shape index (κ2) is 7.22. The number of ether oxygens (including phenoxy) is 2. The molecule has 0 fully saturated rings. The minimum atomic E-state index is 0.110. The summed E-state index contributed by atoms with van der Waals surface area (Å²) < 4.78 is 10.7. The summed E-state index contributed by atoms with van der Waals surface area (Å²) in [5, 5.41) is 2.48. The first kappa shape index (κ1) is 19.2. The van der Waals surface area contributed by atoms with Crippen molar-refractivity contribution in [2.75, 3.05) is 6.79 Å². The molecular weight excluding hydrogens is 334 g/mol. The smallest absolute Gasteiger partial charge is 0.231 e. The van der Waals surface area contributed by atoms with E-state index in [1.54, 1.807) is 0 Å². The van der Waals surface area contributed by atoms with Crippen molar-refractivity contribution in [2.24, 2.45) is 0 Å². The fourth-order valence-electron chi connectivity index (χ4n) is 3.07. The molecule has 4 rings (SSSR count). The summed E-state index contributed by atoms with van der Waals surface area (Å²) in [6.45, 7) is 13.5. The second-order valence-electron chi connectivity index (χ2n) is 8.98. The predicted octanol–water partition coefficient (Wildman–Crippen LogP) is 6.25. The van der Waals surface area contributed by atoms with Gasteiger partial charge in [0.2, 0.25) is 6.79 Å². The van der Waals surface area contributed by atoms with Gasteiger partial charge in [-0.3, -0.25) is 4.98 Å². The molecule has 27 heavy (non-hydrogen) atoms. The van der Waals surface area contributed by atoms with Crippen molar-refractivity contribution >= 4 is 10.8 Å². The van der Waals surface area contributed by atoms with Crippen LogP contribution in [0.4, 0.5) is 0 Å². The zero-order valence-electron chi connectivity index (χ0n) is 17.2. The molecule has 2 heterocycles. The molecule has 0 unspecified atom stereocenters. The van der Waals surface area contributed by atoms with Crippen LogP contribution in [0.2, 0.25) is 0 Å². The van der Waals surface area contributed by atoms with Crippen LogP contribution >= 0.6 is 0 Å². The molecule has 3 heteroatoms. The minimum Gasteiger partial charge on any atom is -0.454 e. The van der Waals surface area contributed by atoms with E-state index in [4.69, 9.17) is 9.47 Å². The molecule has 0 saturated carbocycles. The minimum absolute atomic E-state index is 0.110. The van der Waals surface area contributed by atoms with E-state index >= 15 is 0 Å². The molecule has 1 aliphatic rings. The van der Waals surface area contributed by atoms with E-state index in [-0.39, 0.29) is 10.8 Å². The lowest BCUT2D eigenvalue weighted by molar-refractivity contribution is 0.172. The average Bonchev–Trinajstić information content (AvgIpc) is 3.09. The third kappa shape index (κ3) is 4.41. The van der Waals surface area contributed by atoms with E-state index in [2.05, 4.69) is 70.8 Å². The van der Waals surface area contributed by atoms with Crippen molar-refractivity contribution in [3.63, 3.8) is 0 Å². The maximum Gasteiger partial charge on any atom is 0.231 e. The van der Waals surface area contributed by atoms with Crippen molar-refractivity contribution in [2.45, 2.75) is 52.4 Å². The van der Waals surface area contributed by atoms with Crippen molar-refractivity contribution in [1.29, 1.82) is 0 Å². The Labute approximate surface area is 162 Å². The molecule has 0 N–H and O–H groups in total. The van der Waals surface area contributed by atoms with Gasteiger partial charge in [-0.1, -0.05) is 65.8 Å². The molecule has 3 nitrogen and oxygen atoms in total. The molecule has 0 spiro atoms. The van der Waals surface area contributed by atoms with Gasteiger partial charge in [0.1, 0.15) is 0 Å². The van der Waals surface area contributed by atoms with Gasteiger partial charge in [-0.05, 0) is 40.0 Å². The van der Waals surface area contributed by atoms with E-state index < -0.39 is 0 Å². The number of pyridine rings is 1. The van der Waals surface area contributed by atoms with Gasteiger partial charge in [0.05, 0.1) is 0 Å². The van der Waals surface area contributed by atoms with Crippen LogP contribution in [0.25, 0.3) is 10.8 Å². The first-order chi connectivity index (χ1) is 12.7. The normalized spacial score (nSPS) is 13.3. The van der Waals surface area contributed by atoms with Gasteiger partial charge in [0.25, 0.3) is 0 Å². The maximum absolute atomic E-state index is 5.43. The number of hydrogen-bond acceptors (Lipinski definition) is 3. The fourth-order valence-corrected chi connectivity index (χ4v) is 3.07. The van der Waals surface area contributed by atoms with E-state index in [0.29, 0.717) is 6.79 Å². The number of benzene rings is 2. The summed E-state index contributed by atoms with van der Waals surface area (Å²) in [6, 6.07) is 14.7. The zero-order valence-corrected chi connectivity index (χ0v) is 17.2. The first-order valence-electron chi connectivity index (χ1n) is 9.39. The Hall–Kier alpha value is -2.55. The molecule has 142 valence electrons. The molecule has 1 aromatic heterocycles. The molecule has 0 aliphatic carbocycles. The Bertz CT molecular complexity index is 933. The van der Waals surface area contributed by atoms with Gasteiger partial charge in [-0.25, -0.2) is 0 Å². The lowest BCUT2D eigenvalue weighted by Crippen LogP contribution is -2.11. The number of para-hydroxylation sites is 1. The summed E-state index contributed by atoms with van der Waals surface area (Å²) in [7, 11) is 0. The summed E-state index contributed by atoms with van der Waals surface area (Å²) >= 11 is 0. The Morgan fingerprint density at radius 2 is 1.59 bits per heavy atom. The summed E-state index contributed by atoms with van der Waals surface area (Å²) in [4.78, 5) is 4.14. The highest BCUT2D eigenvalue weighted by Crippen LogP contribution is 2.40. The van der Waals surface area contributed by atoms with Crippen LogP contribution in [-0.2, 0) is 10.8 Å². The van der Waals surface area contributed by atoms with Crippen LogP contribution in [0, 0.1) is 0 Å². The topological polar surface area (TPSA) is 31.4 Å². The van der Waals surface area contributed by atoms with Crippen LogP contribution in [-0.4, -0.2) is 11.8 Å². The predicted molar refractivity (Wildman–Crippen MR) is 112 cm³/mol. The monoisotopic (exact) mass is 363 g/mol. The Kier molecular flexibility index (Phi) is 5.14. The van der Waals surface area contributed by atoms with Crippen LogP contribution in [0.15, 0.2) is 54.9 Å². The largest absolute Gasteiger partial charge is 0.454 e. The van der Waals surface area contributed by atoms with Crippen LogP contribution < -0.4 is 9.47 Å². The average molecular weight is 364 g/mol. The van der Waals surface area contributed by atoms with E-state index in [1.807, 2.05) is 30.6 Å². The van der Waals surface area contributed by atoms with Crippen molar-refractivity contribution in [3.05, 3.63) is 66.0 Å². The third-order valence-corrected chi connectivity index (χ3v) is 4.71. The summed E-state index contributed by atoms with van der Waals surface area (Å²) in [6.07, 6.45) is 3.75. The van der Waals surface area contributed by atoms with Gasteiger partial charge in [0, 0.05) is 23.3 Å². The Morgan fingerprint density at radius 3 is 2.30 bits per heavy atom. The third-order valence-electron chi connectivity index (χ3n) is 4.71. The van der Waals surface area contributed by atoms with Crippen LogP contribution in [0.3, 0.4) is 0 Å². The Balaban J connectivity index is 0.000000156. The number of nitrogens with zero attached hydrogens (tertiary/aromatic N) is 1. The van der Waals surface area contributed by atoms with E-state index in [0.717, 1.165) is 11.5 Å². The molecular formula is C24H29NO2. The zero-order chi connectivity index (χ0) is 19.7. The number of rotatable bonds is 0. The summed E-state index contributed by atoms with van der Waals surface area (Å²) in [5.74, 6) is 1.78. The summed E-state index contributed by atoms with van der Waals surface area (Å²) in [5.41, 5.74) is 2.89. The van der Waals surface area contributed by atoms with Gasteiger partial charge in [-0.2, -0.15) is 0 Å². The molecule has 0 saturated heterocycles. The van der Waals surface area contributed by atoms with E-state index in [1.165, 1.54) is 21.9 Å². The van der Waals surface area contributed by atoms with Gasteiger partial charge >= 0.3 is 0 Å². The number of hydrogen-bond donors (Lipinski definition) is 0. The molecule has 1 aliphatic heterocycles. The molecule has 0 bridgehead atoms. The van der Waals surface area contributed by atoms with Crippen molar-refractivity contribution in [3.8, 4) is 11.5 Å². The molecule has 0 radical (unpaired) electrons. The molecule has 2 aromatic carbocycles. The standard InChI is InChI=1S/C13H15N.C11H14O2/c1-13(2,3)12-5-4-10-6-7-14-9-11(10)8-12;1-11(2,3)8-5-4-6-9-10(8)13-7-12-9/h4-9H,1-3H3;4-6H,7H2,1-3H3. The number of fused-ring (bicyclic) bond motifs is 2. The van der Waals surface area contributed by atoms with E-state index in [9.17, 15) is 0 Å². The highest BCUT2D eigenvalue weighted by atomic mass is 16.7. The van der Waals surface area contributed by atoms with Gasteiger partial charge < -0.3 is 9.47 Å².